The molecule has 1 aliphatic rings. The second-order valence-corrected chi connectivity index (χ2v) is 6.93. The molecule has 1 N–H and O–H groups in total. The van der Waals surface area contributed by atoms with E-state index in [1.165, 1.54) is 14.2 Å². The van der Waals surface area contributed by atoms with Crippen LogP contribution in [0.15, 0.2) is 30.3 Å². The largest absolute Gasteiger partial charge is 0.380 e. The number of rotatable bonds is 6. The van der Waals surface area contributed by atoms with E-state index in [0.717, 1.165) is 18.4 Å². The van der Waals surface area contributed by atoms with Crippen molar-refractivity contribution in [1.29, 1.82) is 0 Å². The first kappa shape index (κ1) is 13.8. The van der Waals surface area contributed by atoms with Gasteiger partial charge in [0.1, 0.15) is 0 Å². The van der Waals surface area contributed by atoms with E-state index in [9.17, 15) is 9.67 Å². The molecule has 2 unspecified atom stereocenters. The van der Waals surface area contributed by atoms with Crippen molar-refractivity contribution >= 4 is 7.60 Å². The van der Waals surface area contributed by atoms with E-state index >= 15 is 0 Å². The van der Waals surface area contributed by atoms with Gasteiger partial charge in [-0.3, -0.25) is 4.57 Å². The number of hydrogen-bond donors (Lipinski definition) is 1. The highest BCUT2D eigenvalue weighted by Gasteiger charge is 2.46. The predicted molar refractivity (Wildman–Crippen MR) is 69.5 cm³/mol. The Bertz CT molecular complexity index is 422. The molecule has 0 spiro atoms. The summed E-state index contributed by atoms with van der Waals surface area (Å²) in [4.78, 5) is 0. The molecule has 0 heterocycles. The van der Waals surface area contributed by atoms with Crippen molar-refractivity contribution in [3.63, 3.8) is 0 Å². The third-order valence-electron chi connectivity index (χ3n) is 3.47. The van der Waals surface area contributed by atoms with Crippen LogP contribution in [0.1, 0.15) is 24.3 Å². The molecule has 0 aromatic heterocycles. The van der Waals surface area contributed by atoms with E-state index in [4.69, 9.17) is 9.05 Å². The van der Waals surface area contributed by atoms with Gasteiger partial charge >= 0.3 is 7.60 Å². The zero-order valence-corrected chi connectivity index (χ0v) is 11.5. The predicted octanol–water partition coefficient (Wildman–Crippen LogP) is 2.98. The molecule has 2 rings (SSSR count). The van der Waals surface area contributed by atoms with E-state index in [1.54, 1.807) is 0 Å². The molecule has 100 valence electrons. The fourth-order valence-corrected chi connectivity index (χ4v) is 3.70. The Kier molecular flexibility index (Phi) is 4.23. The second-order valence-electron chi connectivity index (χ2n) is 4.59. The minimum Gasteiger partial charge on any atom is -0.380 e. The number of aliphatic hydroxyl groups is 1. The van der Waals surface area contributed by atoms with Gasteiger partial charge in [0.25, 0.3) is 0 Å². The summed E-state index contributed by atoms with van der Waals surface area (Å²) < 4.78 is 22.1. The van der Waals surface area contributed by atoms with Crippen LogP contribution in [0.25, 0.3) is 0 Å². The van der Waals surface area contributed by atoms with Crippen LogP contribution in [0.2, 0.25) is 0 Å². The van der Waals surface area contributed by atoms with Crippen LogP contribution >= 0.6 is 7.60 Å². The smallest absolute Gasteiger partial charge is 0.358 e. The van der Waals surface area contributed by atoms with Crippen molar-refractivity contribution in [2.75, 3.05) is 14.2 Å². The Labute approximate surface area is 107 Å². The van der Waals surface area contributed by atoms with Crippen molar-refractivity contribution < 1.29 is 18.7 Å². The van der Waals surface area contributed by atoms with E-state index in [1.807, 2.05) is 30.3 Å². The van der Waals surface area contributed by atoms with E-state index in [-0.39, 0.29) is 5.92 Å². The Morgan fingerprint density at radius 2 is 1.78 bits per heavy atom. The van der Waals surface area contributed by atoms with Gasteiger partial charge in [-0.05, 0) is 24.3 Å². The summed E-state index contributed by atoms with van der Waals surface area (Å²) >= 11 is 0. The van der Waals surface area contributed by atoms with Crippen LogP contribution in [-0.2, 0) is 13.6 Å². The molecule has 1 saturated carbocycles. The SMILES string of the molecule is COP(=O)(OC)C(O)C(c1ccccc1)C1CC1. The van der Waals surface area contributed by atoms with Crippen molar-refractivity contribution in [1.82, 2.24) is 0 Å². The molecule has 0 bridgehead atoms. The van der Waals surface area contributed by atoms with Gasteiger partial charge in [0.2, 0.25) is 0 Å². The van der Waals surface area contributed by atoms with E-state index in [2.05, 4.69) is 0 Å². The average Bonchev–Trinajstić information content (AvgIpc) is 3.24. The Hall–Kier alpha value is -0.670. The second kappa shape index (κ2) is 5.54. The number of aliphatic hydroxyl groups excluding tert-OH is 1. The van der Waals surface area contributed by atoms with Crippen LogP contribution in [0.5, 0.6) is 0 Å². The molecular weight excluding hydrogens is 251 g/mol. The lowest BCUT2D eigenvalue weighted by molar-refractivity contribution is 0.146. The van der Waals surface area contributed by atoms with Crippen molar-refractivity contribution in [2.24, 2.45) is 5.92 Å². The minimum atomic E-state index is -3.45. The summed E-state index contributed by atoms with van der Waals surface area (Å²) in [6.07, 6.45) is 2.09. The lowest BCUT2D eigenvalue weighted by Crippen LogP contribution is -2.22. The van der Waals surface area contributed by atoms with Crippen LogP contribution in [0, 0.1) is 5.92 Å². The molecule has 1 fully saturated rings. The summed E-state index contributed by atoms with van der Waals surface area (Å²) in [6.45, 7) is 0. The van der Waals surface area contributed by atoms with Gasteiger partial charge in [-0.1, -0.05) is 30.3 Å². The molecule has 0 radical (unpaired) electrons. The highest BCUT2D eigenvalue weighted by Crippen LogP contribution is 2.59. The standard InChI is InChI=1S/C13H19O4P/c1-16-18(15,17-2)13(14)12(11-8-9-11)10-6-4-3-5-7-10/h3-7,11-14H,8-9H2,1-2H3. The topological polar surface area (TPSA) is 55.8 Å². The van der Waals surface area contributed by atoms with E-state index < -0.39 is 13.4 Å². The number of hydrogen-bond acceptors (Lipinski definition) is 4. The molecule has 5 heteroatoms. The maximum Gasteiger partial charge on any atom is 0.358 e. The molecule has 18 heavy (non-hydrogen) atoms. The minimum absolute atomic E-state index is 0.183. The first-order valence-corrected chi connectivity index (χ1v) is 7.67. The normalized spacial score (nSPS) is 19.5. The molecular formula is C13H19O4P. The molecule has 4 nitrogen and oxygen atoms in total. The van der Waals surface area contributed by atoms with Gasteiger partial charge in [0.05, 0.1) is 0 Å². The van der Waals surface area contributed by atoms with Crippen LogP contribution in [0.3, 0.4) is 0 Å². The maximum atomic E-state index is 12.3. The third kappa shape index (κ3) is 2.67. The van der Waals surface area contributed by atoms with Crippen LogP contribution in [-0.4, -0.2) is 25.2 Å². The zero-order chi connectivity index (χ0) is 13.2. The highest BCUT2D eigenvalue weighted by atomic mass is 31.2. The summed E-state index contributed by atoms with van der Waals surface area (Å²) in [5.74, 6) is -0.930. The molecule has 1 aromatic rings. The van der Waals surface area contributed by atoms with Crippen molar-refractivity contribution in [3.05, 3.63) is 35.9 Å². The molecule has 0 aliphatic heterocycles. The molecule has 2 atom stereocenters. The lowest BCUT2D eigenvalue weighted by atomic mass is 9.95. The van der Waals surface area contributed by atoms with Gasteiger partial charge in [0.15, 0.2) is 5.85 Å². The summed E-state index contributed by atoms with van der Waals surface area (Å²) in [7, 11) is -0.836. The zero-order valence-electron chi connectivity index (χ0n) is 10.7. The van der Waals surface area contributed by atoms with E-state index in [0.29, 0.717) is 5.92 Å². The summed E-state index contributed by atoms with van der Waals surface area (Å²) in [6, 6.07) is 9.65. The highest BCUT2D eigenvalue weighted by molar-refractivity contribution is 7.54. The van der Waals surface area contributed by atoms with Gasteiger partial charge in [0, 0.05) is 20.1 Å². The first-order valence-electron chi connectivity index (χ1n) is 6.06. The Morgan fingerprint density at radius 1 is 1.22 bits per heavy atom. The molecule has 1 aliphatic carbocycles. The van der Waals surface area contributed by atoms with Crippen LogP contribution < -0.4 is 0 Å². The molecule has 1 aromatic carbocycles. The fraction of sp³-hybridized carbons (Fsp3) is 0.538. The monoisotopic (exact) mass is 270 g/mol. The van der Waals surface area contributed by atoms with Gasteiger partial charge in [-0.15, -0.1) is 0 Å². The van der Waals surface area contributed by atoms with Gasteiger partial charge in [-0.2, -0.15) is 0 Å². The van der Waals surface area contributed by atoms with Crippen molar-refractivity contribution in [3.8, 4) is 0 Å². The Morgan fingerprint density at radius 3 is 2.22 bits per heavy atom. The maximum absolute atomic E-state index is 12.3. The molecule has 0 amide bonds. The quantitative estimate of drug-likeness (QED) is 0.807. The summed E-state index contributed by atoms with van der Waals surface area (Å²) in [5, 5.41) is 10.4. The lowest BCUT2D eigenvalue weighted by Gasteiger charge is -2.27. The first-order chi connectivity index (χ1) is 8.62. The number of benzene rings is 1. The third-order valence-corrected chi connectivity index (χ3v) is 5.46. The summed E-state index contributed by atoms with van der Waals surface area (Å²) in [5.41, 5.74) is 0.988. The molecule has 0 saturated heterocycles. The van der Waals surface area contributed by atoms with Crippen LogP contribution in [0.4, 0.5) is 0 Å². The Balaban J connectivity index is 2.29. The average molecular weight is 270 g/mol. The van der Waals surface area contributed by atoms with Crippen molar-refractivity contribution in [2.45, 2.75) is 24.6 Å². The fourth-order valence-electron chi connectivity index (χ4n) is 2.31. The van der Waals surface area contributed by atoms with Gasteiger partial charge in [-0.25, -0.2) is 0 Å². The van der Waals surface area contributed by atoms with Gasteiger partial charge < -0.3 is 14.2 Å².